The molecule has 0 aliphatic carbocycles. The lowest BCUT2D eigenvalue weighted by Gasteiger charge is -2.38. The molecular formula is C28H37FN6O2. The third-order valence-corrected chi connectivity index (χ3v) is 7.84. The van der Waals surface area contributed by atoms with Crippen LogP contribution in [0.15, 0.2) is 36.7 Å². The standard InChI is InChI=1S/C28H37FN6O2/c1-18(2)19-5-6-22(34-12-8-27(3,36)9-13-34)21-16-31-25(15-20(19)21)32-24-7-11-30-26(33-24)35-14-10-28(4,37)23(29)17-35/h5-7,11,15-16,18,23,36-37H,8-10,12-14,17H2,1-4H3,(H,30,31,32,33)/t23-,28+/m0/s1. The van der Waals surface area contributed by atoms with Crippen LogP contribution in [0.2, 0.25) is 0 Å². The van der Waals surface area contributed by atoms with Crippen LogP contribution in [-0.4, -0.2) is 68.7 Å². The van der Waals surface area contributed by atoms with Gasteiger partial charge in [0.15, 0.2) is 0 Å². The first-order chi connectivity index (χ1) is 17.5. The van der Waals surface area contributed by atoms with E-state index in [1.165, 1.54) is 12.5 Å². The summed E-state index contributed by atoms with van der Waals surface area (Å²) in [5, 5.41) is 26.1. The van der Waals surface area contributed by atoms with Gasteiger partial charge in [0.25, 0.3) is 0 Å². The molecular weight excluding hydrogens is 471 g/mol. The molecule has 4 heterocycles. The fourth-order valence-corrected chi connectivity index (χ4v) is 5.21. The molecule has 3 aromatic rings. The van der Waals surface area contributed by atoms with Crippen molar-refractivity contribution in [2.24, 2.45) is 0 Å². The molecule has 0 unspecified atom stereocenters. The number of nitrogens with one attached hydrogen (secondary N) is 1. The SMILES string of the molecule is CC(C)c1ccc(N2CCC(C)(O)CC2)c2cnc(Nc3ccnc(N4CC[C@@](C)(O)[C@@H](F)C4)n3)cc12. The predicted octanol–water partition coefficient (Wildman–Crippen LogP) is 4.54. The zero-order chi connectivity index (χ0) is 26.4. The summed E-state index contributed by atoms with van der Waals surface area (Å²) in [7, 11) is 0. The lowest BCUT2D eigenvalue weighted by atomic mass is 9.92. The summed E-state index contributed by atoms with van der Waals surface area (Å²) in [5.74, 6) is 2.01. The monoisotopic (exact) mass is 508 g/mol. The Labute approximate surface area is 217 Å². The fraction of sp³-hybridized carbons (Fsp3) is 0.536. The van der Waals surface area contributed by atoms with Gasteiger partial charge in [-0.1, -0.05) is 19.9 Å². The van der Waals surface area contributed by atoms with E-state index >= 15 is 0 Å². The number of hydrogen-bond acceptors (Lipinski definition) is 8. The minimum Gasteiger partial charge on any atom is -0.390 e. The second-order valence-corrected chi connectivity index (χ2v) is 11.3. The van der Waals surface area contributed by atoms with Crippen molar-refractivity contribution < 1.29 is 14.6 Å². The van der Waals surface area contributed by atoms with Gasteiger partial charge in [0.2, 0.25) is 5.95 Å². The number of halogens is 1. The molecule has 0 spiro atoms. The molecule has 0 amide bonds. The number of rotatable bonds is 5. The zero-order valence-corrected chi connectivity index (χ0v) is 22.1. The molecule has 2 fully saturated rings. The number of anilines is 4. The van der Waals surface area contributed by atoms with Gasteiger partial charge < -0.3 is 25.3 Å². The molecule has 8 nitrogen and oxygen atoms in total. The van der Waals surface area contributed by atoms with Gasteiger partial charge in [-0.25, -0.2) is 14.4 Å². The molecule has 198 valence electrons. The van der Waals surface area contributed by atoms with Gasteiger partial charge in [0.05, 0.1) is 17.7 Å². The maximum Gasteiger partial charge on any atom is 0.227 e. The molecule has 2 aromatic heterocycles. The van der Waals surface area contributed by atoms with Crippen molar-refractivity contribution in [3.8, 4) is 0 Å². The summed E-state index contributed by atoms with van der Waals surface area (Å²) in [4.78, 5) is 17.7. The topological polar surface area (TPSA) is 97.6 Å². The number of benzene rings is 1. The van der Waals surface area contributed by atoms with Crippen molar-refractivity contribution in [1.29, 1.82) is 0 Å². The molecule has 1 aromatic carbocycles. The van der Waals surface area contributed by atoms with E-state index in [0.29, 0.717) is 36.5 Å². The Morgan fingerprint density at radius 3 is 2.41 bits per heavy atom. The van der Waals surface area contributed by atoms with Crippen LogP contribution in [0.1, 0.15) is 58.4 Å². The molecule has 0 saturated carbocycles. The van der Waals surface area contributed by atoms with Crippen LogP contribution in [0.5, 0.6) is 0 Å². The number of pyridine rings is 1. The van der Waals surface area contributed by atoms with Crippen LogP contribution in [-0.2, 0) is 0 Å². The lowest BCUT2D eigenvalue weighted by Crippen LogP contribution is -2.52. The summed E-state index contributed by atoms with van der Waals surface area (Å²) in [6.07, 6.45) is 3.99. The van der Waals surface area contributed by atoms with Gasteiger partial charge in [-0.05, 0) is 68.2 Å². The van der Waals surface area contributed by atoms with Crippen LogP contribution < -0.4 is 15.1 Å². The number of aliphatic hydroxyl groups is 2. The Morgan fingerprint density at radius 2 is 1.70 bits per heavy atom. The molecule has 2 atom stereocenters. The summed E-state index contributed by atoms with van der Waals surface area (Å²) in [5.41, 5.74) is 0.457. The number of hydrogen-bond donors (Lipinski definition) is 3. The Morgan fingerprint density at radius 1 is 0.973 bits per heavy atom. The Bertz CT molecular complexity index is 1270. The van der Waals surface area contributed by atoms with E-state index in [0.717, 1.165) is 42.4 Å². The Kier molecular flexibility index (Phi) is 6.70. The molecule has 3 N–H and O–H groups in total. The molecule has 37 heavy (non-hydrogen) atoms. The van der Waals surface area contributed by atoms with Crippen molar-refractivity contribution in [3.63, 3.8) is 0 Å². The van der Waals surface area contributed by atoms with E-state index in [1.807, 2.05) is 13.1 Å². The predicted molar refractivity (Wildman–Crippen MR) is 146 cm³/mol. The highest BCUT2D eigenvalue weighted by Gasteiger charge is 2.38. The summed E-state index contributed by atoms with van der Waals surface area (Å²) in [6.45, 7) is 9.96. The fourth-order valence-electron chi connectivity index (χ4n) is 5.21. The maximum absolute atomic E-state index is 14.4. The molecule has 0 radical (unpaired) electrons. The van der Waals surface area contributed by atoms with Crippen molar-refractivity contribution in [3.05, 3.63) is 42.2 Å². The minimum absolute atomic E-state index is 0.0527. The van der Waals surface area contributed by atoms with Crippen molar-refractivity contribution in [2.75, 3.05) is 41.3 Å². The first-order valence-corrected chi connectivity index (χ1v) is 13.1. The number of piperidine rings is 2. The molecule has 2 aliphatic heterocycles. The Hall–Kier alpha value is -3.04. The molecule has 2 saturated heterocycles. The van der Waals surface area contributed by atoms with Gasteiger partial charge in [-0.3, -0.25) is 0 Å². The number of alkyl halides is 1. The van der Waals surface area contributed by atoms with Crippen LogP contribution in [0.3, 0.4) is 0 Å². The van der Waals surface area contributed by atoms with Gasteiger partial charge in [-0.15, -0.1) is 0 Å². The van der Waals surface area contributed by atoms with Crippen LogP contribution in [0, 0.1) is 0 Å². The van der Waals surface area contributed by atoms with Crippen molar-refractivity contribution in [2.45, 2.75) is 70.2 Å². The second-order valence-electron chi connectivity index (χ2n) is 11.3. The highest BCUT2D eigenvalue weighted by atomic mass is 19.1. The summed E-state index contributed by atoms with van der Waals surface area (Å²) in [6, 6.07) is 8.20. The third-order valence-electron chi connectivity index (χ3n) is 7.84. The smallest absolute Gasteiger partial charge is 0.227 e. The van der Waals surface area contributed by atoms with E-state index in [-0.39, 0.29) is 6.54 Å². The van der Waals surface area contributed by atoms with E-state index in [9.17, 15) is 14.6 Å². The first-order valence-electron chi connectivity index (χ1n) is 13.1. The molecule has 0 bridgehead atoms. The average Bonchev–Trinajstić information content (AvgIpc) is 2.85. The summed E-state index contributed by atoms with van der Waals surface area (Å²) < 4.78 is 14.4. The van der Waals surface area contributed by atoms with Gasteiger partial charge in [0.1, 0.15) is 17.8 Å². The van der Waals surface area contributed by atoms with Crippen molar-refractivity contribution in [1.82, 2.24) is 15.0 Å². The molecule has 2 aliphatic rings. The van der Waals surface area contributed by atoms with Crippen LogP contribution >= 0.6 is 0 Å². The van der Waals surface area contributed by atoms with Gasteiger partial charge in [-0.2, -0.15) is 4.98 Å². The summed E-state index contributed by atoms with van der Waals surface area (Å²) >= 11 is 0. The minimum atomic E-state index is -1.36. The average molecular weight is 509 g/mol. The normalized spacial score (nSPS) is 24.1. The van der Waals surface area contributed by atoms with Gasteiger partial charge >= 0.3 is 0 Å². The largest absolute Gasteiger partial charge is 0.390 e. The van der Waals surface area contributed by atoms with E-state index < -0.39 is 17.4 Å². The Balaban J connectivity index is 1.42. The number of aromatic nitrogens is 3. The highest BCUT2D eigenvalue weighted by Crippen LogP contribution is 2.36. The molecule has 5 rings (SSSR count). The van der Waals surface area contributed by atoms with E-state index in [4.69, 9.17) is 4.98 Å². The van der Waals surface area contributed by atoms with Crippen LogP contribution in [0.4, 0.5) is 27.7 Å². The van der Waals surface area contributed by atoms with Crippen LogP contribution in [0.25, 0.3) is 10.8 Å². The third kappa shape index (κ3) is 5.33. The number of nitrogens with zero attached hydrogens (tertiary/aromatic N) is 5. The first kappa shape index (κ1) is 25.6. The van der Waals surface area contributed by atoms with Gasteiger partial charge in [0, 0.05) is 43.1 Å². The zero-order valence-electron chi connectivity index (χ0n) is 22.1. The number of fused-ring (bicyclic) bond motifs is 1. The highest BCUT2D eigenvalue weighted by molar-refractivity contribution is 5.97. The molecule has 9 heteroatoms. The lowest BCUT2D eigenvalue weighted by molar-refractivity contribution is -0.0332. The van der Waals surface area contributed by atoms with E-state index in [2.05, 4.69) is 52.2 Å². The second kappa shape index (κ2) is 9.68. The quantitative estimate of drug-likeness (QED) is 0.462. The maximum atomic E-state index is 14.4. The van der Waals surface area contributed by atoms with E-state index in [1.54, 1.807) is 17.2 Å². The van der Waals surface area contributed by atoms with Crippen molar-refractivity contribution >= 4 is 34.0 Å².